The SMILES string of the molecule is CCSCCC(CN)N1CCC2C(CCCN2C)C1. The Morgan fingerprint density at radius 3 is 2.89 bits per heavy atom. The van der Waals surface area contributed by atoms with Crippen molar-refractivity contribution in [2.75, 3.05) is 44.7 Å². The Hall–Kier alpha value is 0.230. The second-order valence-corrected chi connectivity index (χ2v) is 7.50. The van der Waals surface area contributed by atoms with Gasteiger partial charge in [0.05, 0.1) is 0 Å². The minimum absolute atomic E-state index is 0.618. The molecule has 0 amide bonds. The number of nitrogens with zero attached hydrogens (tertiary/aromatic N) is 2. The number of rotatable bonds is 6. The van der Waals surface area contributed by atoms with Crippen LogP contribution in [0.4, 0.5) is 0 Å². The highest BCUT2D eigenvalue weighted by Gasteiger charge is 2.35. The molecular formula is C15H31N3S. The maximum atomic E-state index is 6.02. The van der Waals surface area contributed by atoms with E-state index in [1.165, 1.54) is 56.8 Å². The van der Waals surface area contributed by atoms with E-state index < -0.39 is 0 Å². The molecule has 2 aliphatic heterocycles. The molecule has 0 aromatic heterocycles. The summed E-state index contributed by atoms with van der Waals surface area (Å²) >= 11 is 2.05. The minimum Gasteiger partial charge on any atom is -0.329 e. The number of hydrogen-bond donors (Lipinski definition) is 1. The van der Waals surface area contributed by atoms with Crippen LogP contribution in [0.15, 0.2) is 0 Å². The van der Waals surface area contributed by atoms with Crippen LogP contribution in [-0.2, 0) is 0 Å². The van der Waals surface area contributed by atoms with Crippen molar-refractivity contribution in [3.8, 4) is 0 Å². The molecule has 2 heterocycles. The molecule has 2 saturated heterocycles. The van der Waals surface area contributed by atoms with Gasteiger partial charge in [0.1, 0.15) is 0 Å². The Kier molecular flexibility index (Phi) is 6.46. The van der Waals surface area contributed by atoms with Crippen LogP contribution in [0.25, 0.3) is 0 Å². The van der Waals surface area contributed by atoms with Crippen molar-refractivity contribution in [1.29, 1.82) is 0 Å². The van der Waals surface area contributed by atoms with E-state index in [1.807, 2.05) is 11.8 Å². The fraction of sp³-hybridized carbons (Fsp3) is 1.00. The summed E-state index contributed by atoms with van der Waals surface area (Å²) in [4.78, 5) is 5.28. The van der Waals surface area contributed by atoms with Gasteiger partial charge in [0.2, 0.25) is 0 Å². The summed E-state index contributed by atoms with van der Waals surface area (Å²) in [6, 6.07) is 1.46. The van der Waals surface area contributed by atoms with Gasteiger partial charge >= 0.3 is 0 Å². The molecule has 3 atom stereocenters. The predicted octanol–water partition coefficient (Wildman–Crippen LogP) is 1.87. The molecule has 2 N–H and O–H groups in total. The van der Waals surface area contributed by atoms with E-state index in [9.17, 15) is 0 Å². The average Bonchev–Trinajstić information content (AvgIpc) is 2.44. The lowest BCUT2D eigenvalue weighted by Gasteiger charge is -2.48. The quantitative estimate of drug-likeness (QED) is 0.755. The van der Waals surface area contributed by atoms with Crippen LogP contribution >= 0.6 is 11.8 Å². The zero-order chi connectivity index (χ0) is 13.7. The third-order valence-electron chi connectivity index (χ3n) is 4.97. The molecule has 0 aromatic carbocycles. The van der Waals surface area contributed by atoms with Crippen molar-refractivity contribution < 1.29 is 0 Å². The number of thioether (sulfide) groups is 1. The summed E-state index contributed by atoms with van der Waals surface area (Å²) in [5.74, 6) is 3.38. The van der Waals surface area contributed by atoms with Crippen LogP contribution in [0.3, 0.4) is 0 Å². The first-order valence-corrected chi connectivity index (χ1v) is 9.13. The summed E-state index contributed by atoms with van der Waals surface area (Å²) in [5.41, 5.74) is 6.02. The van der Waals surface area contributed by atoms with Crippen molar-refractivity contribution in [3.63, 3.8) is 0 Å². The van der Waals surface area contributed by atoms with Gasteiger partial charge in [-0.25, -0.2) is 0 Å². The molecule has 0 radical (unpaired) electrons. The smallest absolute Gasteiger partial charge is 0.0226 e. The van der Waals surface area contributed by atoms with Crippen molar-refractivity contribution >= 4 is 11.8 Å². The van der Waals surface area contributed by atoms with Gasteiger partial charge in [-0.05, 0) is 63.2 Å². The summed E-state index contributed by atoms with van der Waals surface area (Å²) in [6.45, 7) is 6.91. The number of fused-ring (bicyclic) bond motifs is 1. The maximum absolute atomic E-state index is 6.02. The van der Waals surface area contributed by atoms with Gasteiger partial charge in [-0.1, -0.05) is 6.92 Å². The molecular weight excluding hydrogens is 254 g/mol. The Balaban J connectivity index is 1.84. The summed E-state index contributed by atoms with van der Waals surface area (Å²) in [7, 11) is 2.31. The van der Waals surface area contributed by atoms with Gasteiger partial charge in [0.25, 0.3) is 0 Å². The fourth-order valence-corrected chi connectivity index (χ4v) is 4.55. The molecule has 2 aliphatic rings. The summed E-state index contributed by atoms with van der Waals surface area (Å²) in [6.07, 6.45) is 5.41. The van der Waals surface area contributed by atoms with E-state index in [0.29, 0.717) is 6.04 Å². The van der Waals surface area contributed by atoms with Crippen LogP contribution in [0.5, 0.6) is 0 Å². The Morgan fingerprint density at radius 2 is 2.16 bits per heavy atom. The highest BCUT2D eigenvalue weighted by molar-refractivity contribution is 7.99. The largest absolute Gasteiger partial charge is 0.329 e. The van der Waals surface area contributed by atoms with Gasteiger partial charge in [-0.2, -0.15) is 11.8 Å². The average molecular weight is 286 g/mol. The zero-order valence-electron chi connectivity index (χ0n) is 12.7. The lowest BCUT2D eigenvalue weighted by molar-refractivity contribution is 0.0211. The first kappa shape index (κ1) is 15.6. The van der Waals surface area contributed by atoms with E-state index in [2.05, 4.69) is 23.8 Å². The first-order chi connectivity index (χ1) is 9.26. The van der Waals surface area contributed by atoms with E-state index in [0.717, 1.165) is 18.5 Å². The van der Waals surface area contributed by atoms with Crippen molar-refractivity contribution in [2.45, 2.75) is 44.7 Å². The van der Waals surface area contributed by atoms with Crippen LogP contribution in [0, 0.1) is 5.92 Å². The molecule has 3 nitrogen and oxygen atoms in total. The highest BCUT2D eigenvalue weighted by Crippen LogP contribution is 2.30. The molecule has 0 aliphatic carbocycles. The van der Waals surface area contributed by atoms with Crippen LogP contribution in [0.2, 0.25) is 0 Å². The third-order valence-corrected chi connectivity index (χ3v) is 5.90. The molecule has 112 valence electrons. The Labute approximate surface area is 123 Å². The molecule has 0 bridgehead atoms. The molecule has 0 spiro atoms. The number of likely N-dealkylation sites (tertiary alicyclic amines) is 2. The number of hydrogen-bond acceptors (Lipinski definition) is 4. The van der Waals surface area contributed by atoms with Gasteiger partial charge in [-0.3, -0.25) is 4.90 Å². The second kappa shape index (κ2) is 7.87. The van der Waals surface area contributed by atoms with E-state index >= 15 is 0 Å². The molecule has 19 heavy (non-hydrogen) atoms. The van der Waals surface area contributed by atoms with Crippen molar-refractivity contribution in [3.05, 3.63) is 0 Å². The predicted molar refractivity (Wildman–Crippen MR) is 85.8 cm³/mol. The molecule has 2 rings (SSSR count). The molecule has 2 fully saturated rings. The van der Waals surface area contributed by atoms with E-state index in [1.54, 1.807) is 0 Å². The number of piperidine rings is 2. The monoisotopic (exact) mass is 285 g/mol. The number of nitrogens with two attached hydrogens (primary N) is 1. The molecule has 0 saturated carbocycles. The van der Waals surface area contributed by atoms with Crippen molar-refractivity contribution in [1.82, 2.24) is 9.80 Å². The highest BCUT2D eigenvalue weighted by atomic mass is 32.2. The Morgan fingerprint density at radius 1 is 1.32 bits per heavy atom. The summed E-state index contributed by atoms with van der Waals surface area (Å²) < 4.78 is 0. The molecule has 4 heteroatoms. The fourth-order valence-electron chi connectivity index (χ4n) is 3.83. The minimum atomic E-state index is 0.618. The van der Waals surface area contributed by atoms with Crippen LogP contribution in [0.1, 0.15) is 32.6 Å². The second-order valence-electron chi connectivity index (χ2n) is 6.11. The Bertz CT molecular complexity index is 262. The lowest BCUT2D eigenvalue weighted by Crippen LogP contribution is -2.56. The van der Waals surface area contributed by atoms with Crippen molar-refractivity contribution in [2.24, 2.45) is 11.7 Å². The first-order valence-electron chi connectivity index (χ1n) is 7.98. The molecule has 3 unspecified atom stereocenters. The van der Waals surface area contributed by atoms with Gasteiger partial charge in [0.15, 0.2) is 0 Å². The van der Waals surface area contributed by atoms with Gasteiger partial charge in [-0.15, -0.1) is 0 Å². The molecule has 0 aromatic rings. The van der Waals surface area contributed by atoms with Crippen LogP contribution < -0.4 is 5.73 Å². The van der Waals surface area contributed by atoms with Gasteiger partial charge in [0, 0.05) is 25.2 Å². The van der Waals surface area contributed by atoms with Crippen LogP contribution in [-0.4, -0.2) is 66.6 Å². The summed E-state index contributed by atoms with van der Waals surface area (Å²) in [5, 5.41) is 0. The topological polar surface area (TPSA) is 32.5 Å². The van der Waals surface area contributed by atoms with Gasteiger partial charge < -0.3 is 10.6 Å². The maximum Gasteiger partial charge on any atom is 0.0226 e. The zero-order valence-corrected chi connectivity index (χ0v) is 13.5. The standard InChI is InChI=1S/C15H31N3S/c1-3-19-10-7-14(11-16)18-9-6-15-13(12-18)5-4-8-17(15)2/h13-15H,3-12,16H2,1-2H3. The van der Waals surface area contributed by atoms with E-state index in [4.69, 9.17) is 5.73 Å². The lowest BCUT2D eigenvalue weighted by atomic mass is 9.83. The normalized spacial score (nSPS) is 31.1. The third kappa shape index (κ3) is 4.10. The van der Waals surface area contributed by atoms with E-state index in [-0.39, 0.29) is 0 Å².